The summed E-state index contributed by atoms with van der Waals surface area (Å²) in [6.07, 6.45) is 3.49. The third-order valence-electron chi connectivity index (χ3n) is 3.53. The Labute approximate surface area is 115 Å². The van der Waals surface area contributed by atoms with Gasteiger partial charge in [0, 0.05) is 19.3 Å². The molecule has 0 N–H and O–H groups in total. The van der Waals surface area contributed by atoms with E-state index in [-0.39, 0.29) is 16.8 Å². The molecule has 1 aliphatic rings. The van der Waals surface area contributed by atoms with Crippen molar-refractivity contribution in [2.75, 3.05) is 7.05 Å². The number of rotatable bonds is 4. The Bertz CT molecular complexity index is 531. The SMILES string of the molecule is CC(C1CC1)N(C)C(=O)c1ccnc(Cl)c1[N+](=O)[O-]. The molecule has 0 aromatic carbocycles. The Morgan fingerprint density at radius 3 is 2.79 bits per heavy atom. The van der Waals surface area contributed by atoms with Crippen molar-refractivity contribution in [3.8, 4) is 0 Å². The maximum absolute atomic E-state index is 12.3. The number of hydrogen-bond donors (Lipinski definition) is 0. The van der Waals surface area contributed by atoms with Crippen LogP contribution in [0.25, 0.3) is 0 Å². The van der Waals surface area contributed by atoms with Gasteiger partial charge in [-0.3, -0.25) is 14.9 Å². The van der Waals surface area contributed by atoms with Crippen LogP contribution >= 0.6 is 11.6 Å². The molecule has 1 amide bonds. The van der Waals surface area contributed by atoms with E-state index in [1.54, 1.807) is 7.05 Å². The van der Waals surface area contributed by atoms with Crippen LogP contribution in [-0.2, 0) is 0 Å². The number of amides is 1. The van der Waals surface area contributed by atoms with Gasteiger partial charge in [0.05, 0.1) is 4.92 Å². The maximum atomic E-state index is 12.3. The molecular weight excluding hydrogens is 270 g/mol. The first-order valence-corrected chi connectivity index (χ1v) is 6.37. The largest absolute Gasteiger partial charge is 0.339 e. The van der Waals surface area contributed by atoms with Crippen LogP contribution in [-0.4, -0.2) is 33.8 Å². The van der Waals surface area contributed by atoms with Crippen LogP contribution in [0.5, 0.6) is 0 Å². The first kappa shape index (κ1) is 13.7. The van der Waals surface area contributed by atoms with Gasteiger partial charge >= 0.3 is 5.69 Å². The molecule has 1 heterocycles. The van der Waals surface area contributed by atoms with E-state index in [0.717, 1.165) is 12.8 Å². The first-order valence-electron chi connectivity index (χ1n) is 5.99. The fourth-order valence-corrected chi connectivity index (χ4v) is 2.27. The molecule has 1 unspecified atom stereocenters. The van der Waals surface area contributed by atoms with Crippen LogP contribution in [0.4, 0.5) is 5.69 Å². The van der Waals surface area contributed by atoms with Gasteiger partial charge < -0.3 is 4.90 Å². The Morgan fingerprint density at radius 2 is 2.26 bits per heavy atom. The fraction of sp³-hybridized carbons (Fsp3) is 0.500. The quantitative estimate of drug-likeness (QED) is 0.483. The van der Waals surface area contributed by atoms with Crippen molar-refractivity contribution in [2.24, 2.45) is 5.92 Å². The standard InChI is InChI=1S/C12H14ClN3O3/c1-7(8-3-4-8)15(2)12(17)9-5-6-14-11(13)10(9)16(18)19/h5-8H,3-4H2,1-2H3. The van der Waals surface area contributed by atoms with Gasteiger partial charge in [-0.25, -0.2) is 4.98 Å². The van der Waals surface area contributed by atoms with Gasteiger partial charge in [0.15, 0.2) is 0 Å². The highest BCUT2D eigenvalue weighted by Gasteiger charge is 2.35. The van der Waals surface area contributed by atoms with Crippen LogP contribution in [0.15, 0.2) is 12.3 Å². The molecule has 6 nitrogen and oxygen atoms in total. The molecule has 1 aromatic heterocycles. The van der Waals surface area contributed by atoms with Crippen LogP contribution in [0.1, 0.15) is 30.1 Å². The van der Waals surface area contributed by atoms with E-state index in [4.69, 9.17) is 11.6 Å². The maximum Gasteiger partial charge on any atom is 0.319 e. The van der Waals surface area contributed by atoms with Gasteiger partial charge in [-0.15, -0.1) is 0 Å². The van der Waals surface area contributed by atoms with Crippen LogP contribution < -0.4 is 0 Å². The fourth-order valence-electron chi connectivity index (χ4n) is 2.04. The summed E-state index contributed by atoms with van der Waals surface area (Å²) in [5.74, 6) is 0.0979. The molecular formula is C12H14ClN3O3. The zero-order chi connectivity index (χ0) is 14.2. The lowest BCUT2D eigenvalue weighted by atomic mass is 10.1. The van der Waals surface area contributed by atoms with Crippen molar-refractivity contribution < 1.29 is 9.72 Å². The normalized spacial score (nSPS) is 15.9. The molecule has 1 fully saturated rings. The average molecular weight is 284 g/mol. The molecule has 1 atom stereocenters. The minimum absolute atomic E-state index is 0.0139. The summed E-state index contributed by atoms with van der Waals surface area (Å²) >= 11 is 5.70. The molecule has 0 saturated heterocycles. The van der Waals surface area contributed by atoms with Crippen LogP contribution in [0.3, 0.4) is 0 Å². The predicted molar refractivity (Wildman–Crippen MR) is 70.2 cm³/mol. The van der Waals surface area contributed by atoms with Crippen LogP contribution in [0.2, 0.25) is 5.15 Å². The Morgan fingerprint density at radius 1 is 1.63 bits per heavy atom. The van der Waals surface area contributed by atoms with E-state index >= 15 is 0 Å². The number of carbonyl (C=O) groups excluding carboxylic acids is 1. The molecule has 2 rings (SSSR count). The summed E-state index contributed by atoms with van der Waals surface area (Å²) < 4.78 is 0. The topological polar surface area (TPSA) is 76.3 Å². The number of carbonyl (C=O) groups is 1. The lowest BCUT2D eigenvalue weighted by Gasteiger charge is -2.24. The molecule has 0 aliphatic heterocycles. The highest BCUT2D eigenvalue weighted by atomic mass is 35.5. The molecule has 0 bridgehead atoms. The van der Waals surface area contributed by atoms with Crippen LogP contribution in [0, 0.1) is 16.0 Å². The van der Waals surface area contributed by atoms with Gasteiger partial charge in [-0.1, -0.05) is 11.6 Å². The Balaban J connectivity index is 2.32. The molecule has 0 radical (unpaired) electrons. The van der Waals surface area contributed by atoms with Gasteiger partial charge in [0.2, 0.25) is 5.15 Å². The molecule has 7 heteroatoms. The zero-order valence-electron chi connectivity index (χ0n) is 10.7. The van der Waals surface area contributed by atoms with Crippen molar-refractivity contribution in [3.63, 3.8) is 0 Å². The lowest BCUT2D eigenvalue weighted by molar-refractivity contribution is -0.385. The van der Waals surface area contributed by atoms with Crippen molar-refractivity contribution >= 4 is 23.2 Å². The third kappa shape index (κ3) is 2.68. The molecule has 1 aliphatic carbocycles. The summed E-state index contributed by atoms with van der Waals surface area (Å²) in [6, 6.07) is 1.40. The van der Waals surface area contributed by atoms with E-state index in [0.29, 0.717) is 5.92 Å². The number of nitro groups is 1. The summed E-state index contributed by atoms with van der Waals surface area (Å²) in [4.78, 5) is 27.8. The minimum Gasteiger partial charge on any atom is -0.339 e. The molecule has 0 spiro atoms. The second kappa shape index (κ2) is 5.13. The van der Waals surface area contributed by atoms with Crippen molar-refractivity contribution in [1.29, 1.82) is 0 Å². The number of pyridine rings is 1. The van der Waals surface area contributed by atoms with Crippen molar-refractivity contribution in [1.82, 2.24) is 9.88 Å². The highest BCUT2D eigenvalue weighted by Crippen LogP contribution is 2.36. The second-order valence-corrected chi connectivity index (χ2v) is 5.11. The van der Waals surface area contributed by atoms with E-state index < -0.39 is 16.5 Å². The van der Waals surface area contributed by atoms with Gasteiger partial charge in [0.25, 0.3) is 5.91 Å². The Kier molecular flexibility index (Phi) is 3.71. The monoisotopic (exact) mass is 283 g/mol. The number of aromatic nitrogens is 1. The average Bonchev–Trinajstić information content (AvgIpc) is 3.19. The number of halogens is 1. The summed E-state index contributed by atoms with van der Waals surface area (Å²) in [5, 5.41) is 10.7. The van der Waals surface area contributed by atoms with E-state index in [2.05, 4.69) is 4.98 Å². The molecule has 102 valence electrons. The number of hydrogen-bond acceptors (Lipinski definition) is 4. The third-order valence-corrected chi connectivity index (χ3v) is 3.80. The smallest absolute Gasteiger partial charge is 0.319 e. The van der Waals surface area contributed by atoms with Crippen molar-refractivity contribution in [2.45, 2.75) is 25.8 Å². The summed E-state index contributed by atoms with van der Waals surface area (Å²) in [6.45, 7) is 1.95. The number of nitrogens with zero attached hydrogens (tertiary/aromatic N) is 3. The van der Waals surface area contributed by atoms with E-state index in [9.17, 15) is 14.9 Å². The molecule has 1 saturated carbocycles. The predicted octanol–water partition coefficient (Wildman–Crippen LogP) is 2.51. The van der Waals surface area contributed by atoms with Crippen molar-refractivity contribution in [3.05, 3.63) is 33.1 Å². The van der Waals surface area contributed by atoms with Gasteiger partial charge in [-0.05, 0) is 31.7 Å². The Hall–Kier alpha value is -1.69. The molecule has 1 aromatic rings. The lowest BCUT2D eigenvalue weighted by Crippen LogP contribution is -2.36. The summed E-state index contributed by atoms with van der Waals surface area (Å²) in [5.41, 5.74) is -0.441. The molecule has 19 heavy (non-hydrogen) atoms. The minimum atomic E-state index is -0.668. The van der Waals surface area contributed by atoms with E-state index in [1.807, 2.05) is 6.92 Å². The summed E-state index contributed by atoms with van der Waals surface area (Å²) in [7, 11) is 1.66. The van der Waals surface area contributed by atoms with Gasteiger partial charge in [0.1, 0.15) is 5.56 Å². The highest BCUT2D eigenvalue weighted by molar-refractivity contribution is 6.32. The van der Waals surface area contributed by atoms with E-state index in [1.165, 1.54) is 17.2 Å². The second-order valence-electron chi connectivity index (χ2n) is 4.75. The zero-order valence-corrected chi connectivity index (χ0v) is 11.4. The first-order chi connectivity index (χ1) is 8.93. The van der Waals surface area contributed by atoms with Gasteiger partial charge in [-0.2, -0.15) is 0 Å².